The predicted octanol–water partition coefficient (Wildman–Crippen LogP) is 7.43. The minimum Gasteiger partial charge on any atom is -0.508 e. The number of carboxylic acid groups (broad SMARTS) is 1. The number of phenols is 1. The van der Waals surface area contributed by atoms with Crippen molar-refractivity contribution in [2.75, 3.05) is 0 Å². The Hall–Kier alpha value is -1.51. The van der Waals surface area contributed by atoms with Gasteiger partial charge in [0.25, 0.3) is 0 Å². The van der Waals surface area contributed by atoms with Crippen LogP contribution >= 0.6 is 0 Å². The van der Waals surface area contributed by atoms with Crippen LogP contribution < -0.4 is 0 Å². The maximum Gasteiger partial charge on any atom is 0.303 e. The third-order valence-electron chi connectivity index (χ3n) is 5.46. The summed E-state index contributed by atoms with van der Waals surface area (Å²) in [5, 5.41) is 18.3. The first-order chi connectivity index (χ1) is 13.1. The number of rotatable bonds is 17. The van der Waals surface area contributed by atoms with Gasteiger partial charge in [-0.1, -0.05) is 89.7 Å². The first-order valence-electron chi connectivity index (χ1n) is 11.1. The summed E-state index contributed by atoms with van der Waals surface area (Å²) in [5.41, 5.74) is 1.28. The normalized spacial score (nSPS) is 12.2. The number of carbonyl (C=O) groups is 1. The highest BCUT2D eigenvalue weighted by Gasteiger charge is 2.12. The molecule has 0 saturated heterocycles. The van der Waals surface area contributed by atoms with Crippen molar-refractivity contribution in [1.82, 2.24) is 0 Å². The third-order valence-corrected chi connectivity index (χ3v) is 5.46. The maximum atomic E-state index is 10.7. The molecule has 0 aliphatic heterocycles. The Bertz CT molecular complexity index is 481. The van der Waals surface area contributed by atoms with Gasteiger partial charge in [-0.15, -0.1) is 0 Å². The average Bonchev–Trinajstić information content (AvgIpc) is 2.65. The van der Waals surface area contributed by atoms with Crippen molar-refractivity contribution in [1.29, 1.82) is 0 Å². The zero-order valence-corrected chi connectivity index (χ0v) is 17.3. The smallest absolute Gasteiger partial charge is 0.303 e. The number of phenolic OH excluding ortho intramolecular Hbond substituents is 1. The lowest BCUT2D eigenvalue weighted by molar-refractivity contribution is -0.137. The molecule has 0 saturated carbocycles. The molecule has 0 spiro atoms. The largest absolute Gasteiger partial charge is 0.508 e. The molecular formula is C24H40O3. The van der Waals surface area contributed by atoms with E-state index in [2.05, 4.69) is 6.92 Å². The molecule has 0 aliphatic carbocycles. The van der Waals surface area contributed by atoms with Crippen LogP contribution in [0.4, 0.5) is 0 Å². The quantitative estimate of drug-likeness (QED) is 0.278. The van der Waals surface area contributed by atoms with Crippen LogP contribution in [0.2, 0.25) is 0 Å². The van der Waals surface area contributed by atoms with E-state index >= 15 is 0 Å². The molecule has 0 heterocycles. The predicted molar refractivity (Wildman–Crippen MR) is 113 cm³/mol. The molecule has 0 aromatic heterocycles. The third kappa shape index (κ3) is 12.5. The fraction of sp³-hybridized carbons (Fsp3) is 0.708. The van der Waals surface area contributed by atoms with E-state index in [4.69, 9.17) is 5.11 Å². The summed E-state index contributed by atoms with van der Waals surface area (Å²) in [6, 6.07) is 7.57. The van der Waals surface area contributed by atoms with E-state index in [1.165, 1.54) is 69.8 Å². The SMILES string of the molecule is CCCCCCCCCCCCC(CCCCC(=O)O)c1ccc(O)cc1. The van der Waals surface area contributed by atoms with Gasteiger partial charge in [0.15, 0.2) is 0 Å². The van der Waals surface area contributed by atoms with Gasteiger partial charge in [0.05, 0.1) is 0 Å². The van der Waals surface area contributed by atoms with Crippen LogP contribution in [-0.2, 0) is 4.79 Å². The zero-order chi connectivity index (χ0) is 19.7. The van der Waals surface area contributed by atoms with E-state index in [-0.39, 0.29) is 6.42 Å². The highest BCUT2D eigenvalue weighted by atomic mass is 16.4. The van der Waals surface area contributed by atoms with Crippen molar-refractivity contribution in [3.63, 3.8) is 0 Å². The van der Waals surface area contributed by atoms with Gasteiger partial charge in [-0.3, -0.25) is 4.79 Å². The molecule has 3 heteroatoms. The Morgan fingerprint density at radius 3 is 1.78 bits per heavy atom. The molecule has 154 valence electrons. The summed E-state index contributed by atoms with van der Waals surface area (Å²) in [7, 11) is 0. The first kappa shape index (κ1) is 23.5. The fourth-order valence-corrected chi connectivity index (χ4v) is 3.77. The van der Waals surface area contributed by atoms with E-state index in [0.29, 0.717) is 11.7 Å². The van der Waals surface area contributed by atoms with Gasteiger partial charge in [-0.25, -0.2) is 0 Å². The standard InChI is InChI=1S/C24H40O3/c1-2-3-4-5-6-7-8-9-10-11-14-21(15-12-13-16-24(26)27)22-17-19-23(25)20-18-22/h17-21,25H,2-16H2,1H3,(H,26,27). The maximum absolute atomic E-state index is 10.7. The molecule has 1 aromatic carbocycles. The molecule has 27 heavy (non-hydrogen) atoms. The van der Waals surface area contributed by atoms with E-state index in [0.717, 1.165) is 25.7 Å². The van der Waals surface area contributed by atoms with Gasteiger partial charge < -0.3 is 10.2 Å². The minimum absolute atomic E-state index is 0.264. The van der Waals surface area contributed by atoms with E-state index < -0.39 is 5.97 Å². The molecule has 0 fully saturated rings. The molecule has 1 unspecified atom stereocenters. The Balaban J connectivity index is 2.24. The molecule has 0 aliphatic rings. The molecular weight excluding hydrogens is 336 g/mol. The summed E-state index contributed by atoms with van der Waals surface area (Å²) in [6.45, 7) is 2.26. The lowest BCUT2D eigenvalue weighted by atomic mass is 9.88. The van der Waals surface area contributed by atoms with Gasteiger partial charge >= 0.3 is 5.97 Å². The number of aromatic hydroxyl groups is 1. The number of carboxylic acids is 1. The minimum atomic E-state index is -0.703. The van der Waals surface area contributed by atoms with Crippen LogP contribution in [0.15, 0.2) is 24.3 Å². The summed E-state index contributed by atoms with van der Waals surface area (Å²) in [6.07, 6.45) is 17.6. The summed E-state index contributed by atoms with van der Waals surface area (Å²) >= 11 is 0. The van der Waals surface area contributed by atoms with Crippen molar-refractivity contribution in [3.8, 4) is 5.75 Å². The van der Waals surface area contributed by atoms with Gasteiger partial charge in [0.2, 0.25) is 0 Å². The second-order valence-electron chi connectivity index (χ2n) is 7.90. The molecule has 2 N–H and O–H groups in total. The Morgan fingerprint density at radius 1 is 0.778 bits per heavy atom. The van der Waals surface area contributed by atoms with Crippen molar-refractivity contribution >= 4 is 5.97 Å². The summed E-state index contributed by atoms with van der Waals surface area (Å²) in [5.74, 6) is 0.0848. The lowest BCUT2D eigenvalue weighted by Crippen LogP contribution is -2.01. The molecule has 0 amide bonds. The van der Waals surface area contributed by atoms with Crippen molar-refractivity contribution in [3.05, 3.63) is 29.8 Å². The Labute approximate surface area is 166 Å². The second-order valence-corrected chi connectivity index (χ2v) is 7.90. The van der Waals surface area contributed by atoms with Crippen LogP contribution in [0.25, 0.3) is 0 Å². The summed E-state index contributed by atoms with van der Waals surface area (Å²) < 4.78 is 0. The van der Waals surface area contributed by atoms with E-state index in [1.807, 2.05) is 12.1 Å². The topological polar surface area (TPSA) is 57.5 Å². The van der Waals surface area contributed by atoms with Crippen LogP contribution in [0.3, 0.4) is 0 Å². The fourth-order valence-electron chi connectivity index (χ4n) is 3.77. The van der Waals surface area contributed by atoms with Crippen LogP contribution in [0, 0.1) is 0 Å². The van der Waals surface area contributed by atoms with Crippen LogP contribution in [0.5, 0.6) is 5.75 Å². The monoisotopic (exact) mass is 376 g/mol. The lowest BCUT2D eigenvalue weighted by Gasteiger charge is -2.17. The molecule has 1 atom stereocenters. The van der Waals surface area contributed by atoms with E-state index in [9.17, 15) is 9.90 Å². The van der Waals surface area contributed by atoms with E-state index in [1.54, 1.807) is 12.1 Å². The van der Waals surface area contributed by atoms with Gasteiger partial charge in [-0.2, -0.15) is 0 Å². The summed E-state index contributed by atoms with van der Waals surface area (Å²) in [4.78, 5) is 10.7. The molecule has 1 rings (SSSR count). The van der Waals surface area contributed by atoms with Crippen LogP contribution in [-0.4, -0.2) is 16.2 Å². The highest BCUT2D eigenvalue weighted by Crippen LogP contribution is 2.29. The Morgan fingerprint density at radius 2 is 1.26 bits per heavy atom. The molecule has 1 aromatic rings. The van der Waals surface area contributed by atoms with Gasteiger partial charge in [-0.05, 0) is 42.9 Å². The van der Waals surface area contributed by atoms with Crippen LogP contribution in [0.1, 0.15) is 115 Å². The van der Waals surface area contributed by atoms with Gasteiger partial charge in [0.1, 0.15) is 5.75 Å². The Kier molecular flexibility index (Phi) is 13.5. The first-order valence-corrected chi connectivity index (χ1v) is 11.1. The molecule has 0 radical (unpaired) electrons. The average molecular weight is 377 g/mol. The zero-order valence-electron chi connectivity index (χ0n) is 17.3. The number of unbranched alkanes of at least 4 members (excludes halogenated alkanes) is 10. The number of aliphatic carboxylic acids is 1. The van der Waals surface area contributed by atoms with Crippen molar-refractivity contribution in [2.24, 2.45) is 0 Å². The molecule has 3 nitrogen and oxygen atoms in total. The number of hydrogen-bond acceptors (Lipinski definition) is 2. The van der Waals surface area contributed by atoms with Gasteiger partial charge in [0, 0.05) is 6.42 Å². The van der Waals surface area contributed by atoms with Crippen molar-refractivity contribution < 1.29 is 15.0 Å². The van der Waals surface area contributed by atoms with Crippen molar-refractivity contribution in [2.45, 2.75) is 109 Å². The molecule has 0 bridgehead atoms. The second kappa shape index (κ2) is 15.5. The highest BCUT2D eigenvalue weighted by molar-refractivity contribution is 5.66. The number of hydrogen-bond donors (Lipinski definition) is 2. The number of benzene rings is 1.